The fraction of sp³-hybridized carbons (Fsp3) is 0.0952. The Balaban J connectivity index is 1.46. The third-order valence-electron chi connectivity index (χ3n) is 4.37. The van der Waals surface area contributed by atoms with Gasteiger partial charge in [0.25, 0.3) is 5.91 Å². The number of aromatic nitrogens is 1. The van der Waals surface area contributed by atoms with Gasteiger partial charge in [-0.1, -0.05) is 36.4 Å². The summed E-state index contributed by atoms with van der Waals surface area (Å²) in [5.41, 5.74) is 5.30. The number of carbonyl (C=O) groups excluding carboxylic acids is 2. The Morgan fingerprint density at radius 3 is 2.81 bits per heavy atom. The van der Waals surface area contributed by atoms with Gasteiger partial charge in [0.2, 0.25) is 5.91 Å². The van der Waals surface area contributed by atoms with Crippen LogP contribution in [0.3, 0.4) is 0 Å². The van der Waals surface area contributed by atoms with Crippen molar-refractivity contribution in [2.45, 2.75) is 13.0 Å². The fourth-order valence-corrected chi connectivity index (χ4v) is 3.64. The minimum absolute atomic E-state index is 0.0202. The van der Waals surface area contributed by atoms with Gasteiger partial charge in [-0.25, -0.2) is 4.98 Å². The van der Waals surface area contributed by atoms with E-state index in [1.807, 2.05) is 42.5 Å². The van der Waals surface area contributed by atoms with Crippen molar-refractivity contribution in [3.05, 3.63) is 69.7 Å². The van der Waals surface area contributed by atoms with Gasteiger partial charge in [0.15, 0.2) is 5.01 Å². The van der Waals surface area contributed by atoms with Crippen LogP contribution in [0.15, 0.2) is 47.8 Å². The highest BCUT2D eigenvalue weighted by molar-refractivity contribution is 7.10. The Bertz CT molecular complexity index is 1080. The van der Waals surface area contributed by atoms with Gasteiger partial charge >= 0.3 is 0 Å². The molecule has 0 aliphatic carbocycles. The number of thiazole rings is 1. The van der Waals surface area contributed by atoms with Gasteiger partial charge in [0.1, 0.15) is 5.69 Å². The largest absolute Gasteiger partial charge is 0.347 e. The standard InChI is InChI=1S/C21H15N3O2S/c1-2-20-24-18(12-27-20)21(26)22-11-13-6-8-14(9-7-13)15-4-3-5-17-16(15)10-19(25)23-17/h1,3-9,12H,10-11H2,(H,22,26)(H,23,25). The molecule has 2 heterocycles. The molecular weight excluding hydrogens is 358 g/mol. The lowest BCUT2D eigenvalue weighted by molar-refractivity contribution is -0.115. The molecule has 5 nitrogen and oxygen atoms in total. The number of benzene rings is 2. The van der Waals surface area contributed by atoms with E-state index < -0.39 is 0 Å². The molecule has 0 fully saturated rings. The van der Waals surface area contributed by atoms with Crippen molar-refractivity contribution in [3.63, 3.8) is 0 Å². The number of hydrogen-bond donors (Lipinski definition) is 2. The summed E-state index contributed by atoms with van der Waals surface area (Å²) >= 11 is 1.27. The van der Waals surface area contributed by atoms with E-state index in [1.165, 1.54) is 11.3 Å². The average Bonchev–Trinajstić information content (AvgIpc) is 3.32. The maximum atomic E-state index is 12.1. The topological polar surface area (TPSA) is 71.1 Å². The molecular formula is C21H15N3O2S. The molecule has 2 amide bonds. The third kappa shape index (κ3) is 3.46. The summed E-state index contributed by atoms with van der Waals surface area (Å²) in [6.45, 7) is 0.398. The van der Waals surface area contributed by atoms with Crippen LogP contribution in [0.5, 0.6) is 0 Å². The first-order valence-electron chi connectivity index (χ1n) is 8.35. The van der Waals surface area contributed by atoms with Crippen LogP contribution in [0.2, 0.25) is 0 Å². The Morgan fingerprint density at radius 1 is 1.26 bits per heavy atom. The second kappa shape index (κ2) is 7.06. The number of nitrogens with zero attached hydrogens (tertiary/aromatic N) is 1. The van der Waals surface area contributed by atoms with E-state index in [2.05, 4.69) is 21.5 Å². The zero-order valence-electron chi connectivity index (χ0n) is 14.3. The summed E-state index contributed by atoms with van der Waals surface area (Å²) in [5, 5.41) is 7.86. The molecule has 2 N–H and O–H groups in total. The molecule has 27 heavy (non-hydrogen) atoms. The Kier molecular flexibility index (Phi) is 4.45. The number of anilines is 1. The number of fused-ring (bicyclic) bond motifs is 1. The van der Waals surface area contributed by atoms with Gasteiger partial charge in [-0.3, -0.25) is 9.59 Å². The predicted molar refractivity (Wildman–Crippen MR) is 105 cm³/mol. The molecule has 0 saturated carbocycles. The van der Waals surface area contributed by atoms with E-state index in [-0.39, 0.29) is 11.8 Å². The summed E-state index contributed by atoms with van der Waals surface area (Å²) in [6.07, 6.45) is 5.67. The Hall–Kier alpha value is -3.43. The van der Waals surface area contributed by atoms with Crippen molar-refractivity contribution in [1.82, 2.24) is 10.3 Å². The lowest BCUT2D eigenvalue weighted by atomic mass is 9.97. The Labute approximate surface area is 160 Å². The molecule has 1 aromatic heterocycles. The van der Waals surface area contributed by atoms with Crippen molar-refractivity contribution < 1.29 is 9.59 Å². The van der Waals surface area contributed by atoms with Crippen molar-refractivity contribution in [2.24, 2.45) is 0 Å². The number of hydrogen-bond acceptors (Lipinski definition) is 4. The zero-order chi connectivity index (χ0) is 18.8. The predicted octanol–water partition coefficient (Wildman–Crippen LogP) is 3.22. The van der Waals surface area contributed by atoms with Gasteiger partial charge in [-0.15, -0.1) is 17.8 Å². The highest BCUT2D eigenvalue weighted by atomic mass is 32.1. The summed E-state index contributed by atoms with van der Waals surface area (Å²) in [7, 11) is 0. The lowest BCUT2D eigenvalue weighted by Crippen LogP contribution is -2.23. The highest BCUT2D eigenvalue weighted by Gasteiger charge is 2.20. The van der Waals surface area contributed by atoms with Crippen molar-refractivity contribution in [3.8, 4) is 23.5 Å². The molecule has 1 aliphatic heterocycles. The Morgan fingerprint density at radius 2 is 2.07 bits per heavy atom. The molecule has 0 saturated heterocycles. The monoisotopic (exact) mass is 373 g/mol. The van der Waals surface area contributed by atoms with E-state index in [9.17, 15) is 9.59 Å². The van der Waals surface area contributed by atoms with Crippen LogP contribution >= 0.6 is 11.3 Å². The van der Waals surface area contributed by atoms with E-state index in [1.54, 1.807) is 5.38 Å². The van der Waals surface area contributed by atoms with Crippen molar-refractivity contribution >= 4 is 28.8 Å². The van der Waals surface area contributed by atoms with Gasteiger partial charge in [0.05, 0.1) is 6.42 Å². The second-order valence-electron chi connectivity index (χ2n) is 6.12. The van der Waals surface area contributed by atoms with Crippen LogP contribution in [0.1, 0.15) is 26.6 Å². The fourth-order valence-electron chi connectivity index (χ4n) is 3.04. The number of amides is 2. The third-order valence-corrected chi connectivity index (χ3v) is 5.14. The van der Waals surface area contributed by atoms with Gasteiger partial charge in [-0.05, 0) is 34.2 Å². The van der Waals surface area contributed by atoms with Gasteiger partial charge in [-0.2, -0.15) is 0 Å². The van der Waals surface area contributed by atoms with Crippen LogP contribution in [0, 0.1) is 12.3 Å². The van der Waals surface area contributed by atoms with Crippen LogP contribution in [0.4, 0.5) is 5.69 Å². The molecule has 2 aromatic carbocycles. The minimum Gasteiger partial charge on any atom is -0.347 e. The van der Waals surface area contributed by atoms with Crippen LogP contribution < -0.4 is 10.6 Å². The first kappa shape index (κ1) is 17.0. The smallest absolute Gasteiger partial charge is 0.271 e. The number of nitrogens with one attached hydrogen (secondary N) is 2. The number of terminal acetylenes is 1. The summed E-state index contributed by atoms with van der Waals surface area (Å²) in [4.78, 5) is 27.8. The quantitative estimate of drug-likeness (QED) is 0.690. The molecule has 0 spiro atoms. The highest BCUT2D eigenvalue weighted by Crippen LogP contribution is 2.33. The van der Waals surface area contributed by atoms with E-state index in [0.29, 0.717) is 23.7 Å². The first-order chi connectivity index (χ1) is 13.1. The SMILES string of the molecule is C#Cc1nc(C(=O)NCc2ccc(-c3cccc4c3CC(=O)N4)cc2)cs1. The van der Waals surface area contributed by atoms with Gasteiger partial charge in [0, 0.05) is 17.6 Å². The normalized spacial score (nSPS) is 12.2. The molecule has 132 valence electrons. The molecule has 1 aliphatic rings. The van der Waals surface area contributed by atoms with Crippen molar-refractivity contribution in [1.29, 1.82) is 0 Å². The maximum Gasteiger partial charge on any atom is 0.271 e. The number of carbonyl (C=O) groups is 2. The van der Waals surface area contributed by atoms with E-state index in [0.717, 1.165) is 27.9 Å². The molecule has 3 aromatic rings. The van der Waals surface area contributed by atoms with Crippen LogP contribution in [0.25, 0.3) is 11.1 Å². The molecule has 6 heteroatoms. The zero-order valence-corrected chi connectivity index (χ0v) is 15.1. The summed E-state index contributed by atoms with van der Waals surface area (Å²) in [6, 6.07) is 13.8. The van der Waals surface area contributed by atoms with Gasteiger partial charge < -0.3 is 10.6 Å². The van der Waals surface area contributed by atoms with Crippen LogP contribution in [-0.2, 0) is 17.8 Å². The second-order valence-corrected chi connectivity index (χ2v) is 6.98. The lowest BCUT2D eigenvalue weighted by Gasteiger charge is -2.09. The van der Waals surface area contributed by atoms with Crippen molar-refractivity contribution in [2.75, 3.05) is 5.32 Å². The van der Waals surface area contributed by atoms with E-state index >= 15 is 0 Å². The molecule has 0 unspecified atom stereocenters. The molecule has 0 atom stereocenters. The first-order valence-corrected chi connectivity index (χ1v) is 9.23. The molecule has 0 bridgehead atoms. The van der Waals surface area contributed by atoms with E-state index in [4.69, 9.17) is 6.42 Å². The maximum absolute atomic E-state index is 12.1. The average molecular weight is 373 g/mol. The molecule has 0 radical (unpaired) electrons. The number of rotatable bonds is 4. The summed E-state index contributed by atoms with van der Waals surface area (Å²) < 4.78 is 0. The molecule has 4 rings (SSSR count). The minimum atomic E-state index is -0.248. The van der Waals surface area contributed by atoms with Crippen LogP contribution in [-0.4, -0.2) is 16.8 Å². The summed E-state index contributed by atoms with van der Waals surface area (Å²) in [5.74, 6) is 2.19.